The predicted octanol–water partition coefficient (Wildman–Crippen LogP) is 4.44. The van der Waals surface area contributed by atoms with E-state index in [9.17, 15) is 9.59 Å². The van der Waals surface area contributed by atoms with Gasteiger partial charge in [0, 0.05) is 18.5 Å². The summed E-state index contributed by atoms with van der Waals surface area (Å²) in [6.07, 6.45) is 0.973. The van der Waals surface area contributed by atoms with Gasteiger partial charge in [0.05, 0.1) is 13.2 Å². The van der Waals surface area contributed by atoms with Crippen LogP contribution in [-0.4, -0.2) is 49.6 Å². The molecule has 1 atom stereocenters. The molecule has 32 heavy (non-hydrogen) atoms. The number of amides is 2. The summed E-state index contributed by atoms with van der Waals surface area (Å²) in [4.78, 5) is 27.6. The van der Waals surface area contributed by atoms with Gasteiger partial charge in [-0.3, -0.25) is 9.59 Å². The molecule has 1 aliphatic rings. The lowest BCUT2D eigenvalue weighted by Gasteiger charge is -2.26. The molecule has 2 amide bonds. The summed E-state index contributed by atoms with van der Waals surface area (Å²) >= 11 is 0. The lowest BCUT2D eigenvalue weighted by molar-refractivity contribution is -0.118. The fourth-order valence-corrected chi connectivity index (χ4v) is 3.79. The Morgan fingerprint density at radius 2 is 1.81 bits per heavy atom. The second-order valence-electron chi connectivity index (χ2n) is 7.89. The first kappa shape index (κ1) is 21.9. The van der Waals surface area contributed by atoms with E-state index < -0.39 is 0 Å². The van der Waals surface area contributed by atoms with Crippen molar-refractivity contribution in [3.05, 3.63) is 59.9 Å². The zero-order chi connectivity index (χ0) is 22.5. The van der Waals surface area contributed by atoms with Crippen molar-refractivity contribution >= 4 is 28.5 Å². The van der Waals surface area contributed by atoms with Crippen LogP contribution in [0.4, 0.5) is 5.69 Å². The molecular weight excluding hydrogens is 408 g/mol. The molecule has 0 bridgehead atoms. The third-order valence-electron chi connectivity index (χ3n) is 5.77. The number of furan rings is 1. The summed E-state index contributed by atoms with van der Waals surface area (Å²) in [6, 6.07) is 15.0. The molecule has 0 spiro atoms. The van der Waals surface area contributed by atoms with Crippen LogP contribution in [0, 0.1) is 0 Å². The van der Waals surface area contributed by atoms with Crippen LogP contribution in [0.3, 0.4) is 0 Å². The molecular formula is C25H28N2O5. The molecule has 2 aromatic carbocycles. The summed E-state index contributed by atoms with van der Waals surface area (Å²) in [7, 11) is 0. The Morgan fingerprint density at radius 1 is 1.09 bits per heavy atom. The van der Waals surface area contributed by atoms with Crippen LogP contribution < -0.4 is 10.1 Å². The van der Waals surface area contributed by atoms with Gasteiger partial charge in [-0.1, -0.05) is 44.2 Å². The van der Waals surface area contributed by atoms with Crippen LogP contribution >= 0.6 is 0 Å². The number of morpholine rings is 1. The van der Waals surface area contributed by atoms with Gasteiger partial charge in [-0.25, -0.2) is 0 Å². The average molecular weight is 437 g/mol. The normalized spacial score (nSPS) is 14.9. The van der Waals surface area contributed by atoms with E-state index in [2.05, 4.69) is 19.2 Å². The fourth-order valence-electron chi connectivity index (χ4n) is 3.79. The molecule has 1 aromatic heterocycles. The van der Waals surface area contributed by atoms with Gasteiger partial charge in [0.25, 0.3) is 11.8 Å². The Bertz CT molecular complexity index is 1100. The number of anilines is 1. The number of nitrogens with one attached hydrogen (secondary N) is 1. The molecule has 0 aliphatic carbocycles. The van der Waals surface area contributed by atoms with Crippen molar-refractivity contribution in [3.8, 4) is 5.75 Å². The van der Waals surface area contributed by atoms with Crippen molar-refractivity contribution in [1.82, 2.24) is 4.90 Å². The molecule has 1 saturated heterocycles. The smallest absolute Gasteiger partial charge is 0.291 e. The molecule has 1 N–H and O–H groups in total. The topological polar surface area (TPSA) is 81.0 Å². The highest BCUT2D eigenvalue weighted by molar-refractivity contribution is 6.11. The molecule has 7 nitrogen and oxygen atoms in total. The Labute approximate surface area is 187 Å². The van der Waals surface area contributed by atoms with Crippen molar-refractivity contribution in [2.45, 2.75) is 26.2 Å². The van der Waals surface area contributed by atoms with Crippen molar-refractivity contribution in [2.75, 3.05) is 38.2 Å². The Hall–Kier alpha value is -3.32. The standard InChI is InChI=1S/C25H28N2O5/c1-3-17(2)18-8-4-6-10-20(18)31-16-22(28)26-23-19-9-5-7-11-21(19)32-24(23)25(29)27-12-14-30-15-13-27/h4-11,17H,3,12-16H2,1-2H3,(H,26,28)/t17-/m1/s1. The monoisotopic (exact) mass is 436 g/mol. The highest BCUT2D eigenvalue weighted by Gasteiger charge is 2.27. The van der Waals surface area contributed by atoms with Crippen molar-refractivity contribution < 1.29 is 23.5 Å². The van der Waals surface area contributed by atoms with Crippen molar-refractivity contribution in [3.63, 3.8) is 0 Å². The van der Waals surface area contributed by atoms with E-state index in [0.717, 1.165) is 12.0 Å². The Morgan fingerprint density at radius 3 is 2.59 bits per heavy atom. The molecule has 1 aliphatic heterocycles. The summed E-state index contributed by atoms with van der Waals surface area (Å²) in [5, 5.41) is 3.53. The molecule has 168 valence electrons. The SMILES string of the molecule is CC[C@@H](C)c1ccccc1OCC(=O)Nc1c(C(=O)N2CCOCC2)oc2ccccc12. The number of nitrogens with zero attached hydrogens (tertiary/aromatic N) is 1. The van der Waals surface area contributed by atoms with Crippen LogP contribution in [0.1, 0.15) is 42.3 Å². The number of benzene rings is 2. The van der Waals surface area contributed by atoms with Crippen LogP contribution in [-0.2, 0) is 9.53 Å². The number of fused-ring (bicyclic) bond motifs is 1. The highest BCUT2D eigenvalue weighted by Crippen LogP contribution is 2.32. The number of hydrogen-bond donors (Lipinski definition) is 1. The van der Waals surface area contributed by atoms with Crippen LogP contribution in [0.25, 0.3) is 11.0 Å². The van der Waals surface area contributed by atoms with E-state index in [-0.39, 0.29) is 24.2 Å². The van der Waals surface area contributed by atoms with Gasteiger partial charge >= 0.3 is 0 Å². The summed E-state index contributed by atoms with van der Waals surface area (Å²) in [5.41, 5.74) is 1.99. The van der Waals surface area contributed by atoms with E-state index in [1.54, 1.807) is 11.0 Å². The summed E-state index contributed by atoms with van der Waals surface area (Å²) < 4.78 is 17.0. The Balaban J connectivity index is 1.54. The number of para-hydroxylation sites is 2. The second kappa shape index (κ2) is 9.87. The van der Waals surface area contributed by atoms with Gasteiger partial charge in [-0.15, -0.1) is 0 Å². The maximum absolute atomic E-state index is 13.1. The van der Waals surface area contributed by atoms with Gasteiger partial charge in [0.2, 0.25) is 5.76 Å². The molecule has 2 heterocycles. The molecule has 4 rings (SSSR count). The van der Waals surface area contributed by atoms with E-state index >= 15 is 0 Å². The molecule has 0 unspecified atom stereocenters. The number of carbonyl (C=O) groups is 2. The highest BCUT2D eigenvalue weighted by atomic mass is 16.5. The minimum Gasteiger partial charge on any atom is -0.483 e. The second-order valence-corrected chi connectivity index (χ2v) is 7.89. The van der Waals surface area contributed by atoms with E-state index in [1.807, 2.05) is 42.5 Å². The maximum Gasteiger partial charge on any atom is 0.291 e. The lowest BCUT2D eigenvalue weighted by atomic mass is 9.98. The van der Waals surface area contributed by atoms with Gasteiger partial charge in [0.15, 0.2) is 6.61 Å². The summed E-state index contributed by atoms with van der Waals surface area (Å²) in [5.74, 6) is 0.527. The minimum atomic E-state index is -0.355. The molecule has 3 aromatic rings. The fraction of sp³-hybridized carbons (Fsp3) is 0.360. The van der Waals surface area contributed by atoms with Crippen LogP contribution in [0.15, 0.2) is 52.9 Å². The van der Waals surface area contributed by atoms with Crippen molar-refractivity contribution in [2.24, 2.45) is 0 Å². The molecule has 0 radical (unpaired) electrons. The minimum absolute atomic E-state index is 0.126. The average Bonchev–Trinajstić information content (AvgIpc) is 3.20. The summed E-state index contributed by atoms with van der Waals surface area (Å²) in [6.45, 7) is 6.01. The largest absolute Gasteiger partial charge is 0.483 e. The third-order valence-corrected chi connectivity index (χ3v) is 5.77. The molecule has 0 saturated carbocycles. The first-order valence-corrected chi connectivity index (χ1v) is 11.0. The lowest BCUT2D eigenvalue weighted by Crippen LogP contribution is -2.40. The number of ether oxygens (including phenoxy) is 2. The number of hydrogen-bond acceptors (Lipinski definition) is 5. The van der Waals surface area contributed by atoms with Crippen molar-refractivity contribution in [1.29, 1.82) is 0 Å². The predicted molar refractivity (Wildman–Crippen MR) is 122 cm³/mol. The maximum atomic E-state index is 13.1. The van der Waals surface area contributed by atoms with E-state index in [1.165, 1.54) is 0 Å². The first-order chi connectivity index (χ1) is 15.6. The molecule has 7 heteroatoms. The van der Waals surface area contributed by atoms with E-state index in [0.29, 0.717) is 54.6 Å². The zero-order valence-electron chi connectivity index (χ0n) is 18.4. The molecule has 1 fully saturated rings. The first-order valence-electron chi connectivity index (χ1n) is 11.0. The van der Waals surface area contributed by atoms with Gasteiger partial charge in [-0.2, -0.15) is 0 Å². The zero-order valence-corrected chi connectivity index (χ0v) is 18.4. The number of carbonyl (C=O) groups excluding carboxylic acids is 2. The van der Waals surface area contributed by atoms with E-state index in [4.69, 9.17) is 13.9 Å². The van der Waals surface area contributed by atoms with Crippen LogP contribution in [0.5, 0.6) is 5.75 Å². The van der Waals surface area contributed by atoms with Gasteiger partial charge in [0.1, 0.15) is 17.0 Å². The quantitative estimate of drug-likeness (QED) is 0.592. The van der Waals surface area contributed by atoms with Gasteiger partial charge < -0.3 is 24.1 Å². The van der Waals surface area contributed by atoms with Crippen LogP contribution in [0.2, 0.25) is 0 Å². The number of rotatable bonds is 7. The third kappa shape index (κ3) is 4.62. The van der Waals surface area contributed by atoms with Gasteiger partial charge in [-0.05, 0) is 36.1 Å². The Kier molecular flexibility index (Phi) is 6.75.